The number of aliphatic imine (C=N–C) groups is 1. The molecule has 1 amide bonds. The molecule has 106 valence electrons. The van der Waals surface area contributed by atoms with E-state index in [4.69, 9.17) is 9.73 Å². The minimum absolute atomic E-state index is 0.0357. The van der Waals surface area contributed by atoms with Crippen LogP contribution < -0.4 is 5.32 Å². The number of nitrogens with zero attached hydrogens (tertiary/aromatic N) is 1. The first-order valence-electron chi connectivity index (χ1n) is 7.23. The number of benzene rings is 1. The van der Waals surface area contributed by atoms with Gasteiger partial charge in [-0.3, -0.25) is 9.79 Å². The fourth-order valence-electron chi connectivity index (χ4n) is 3.06. The van der Waals surface area contributed by atoms with Crippen molar-refractivity contribution in [3.63, 3.8) is 0 Å². The van der Waals surface area contributed by atoms with Crippen molar-refractivity contribution in [3.05, 3.63) is 35.4 Å². The van der Waals surface area contributed by atoms with Crippen molar-refractivity contribution in [2.75, 3.05) is 7.11 Å². The van der Waals surface area contributed by atoms with Crippen molar-refractivity contribution >= 4 is 11.6 Å². The quantitative estimate of drug-likeness (QED) is 0.918. The number of carbonyl (C=O) groups is 1. The summed E-state index contributed by atoms with van der Waals surface area (Å²) in [6, 6.07) is 7.88. The van der Waals surface area contributed by atoms with Gasteiger partial charge in [-0.05, 0) is 31.2 Å². The molecule has 1 aliphatic heterocycles. The Kier molecular flexibility index (Phi) is 3.57. The van der Waals surface area contributed by atoms with Crippen LogP contribution >= 0.6 is 0 Å². The highest BCUT2D eigenvalue weighted by molar-refractivity contribution is 6.46. The average Bonchev–Trinajstić information content (AvgIpc) is 2.77. The molecule has 0 radical (unpaired) electrons. The van der Waals surface area contributed by atoms with E-state index in [1.165, 1.54) is 6.42 Å². The molecule has 1 N–H and O–H groups in total. The van der Waals surface area contributed by atoms with Gasteiger partial charge in [0.1, 0.15) is 11.4 Å². The first kappa shape index (κ1) is 13.3. The Morgan fingerprint density at radius 2 is 1.90 bits per heavy atom. The summed E-state index contributed by atoms with van der Waals surface area (Å²) in [7, 11) is 1.68. The van der Waals surface area contributed by atoms with Gasteiger partial charge in [-0.1, -0.05) is 30.7 Å². The second-order valence-electron chi connectivity index (χ2n) is 5.64. The molecule has 2 aliphatic rings. The maximum Gasteiger partial charge on any atom is 0.272 e. The predicted molar refractivity (Wildman–Crippen MR) is 77.7 cm³/mol. The Bertz CT molecular complexity index is 528. The lowest BCUT2D eigenvalue weighted by Crippen LogP contribution is -2.43. The number of methoxy groups -OCH3 is 1. The van der Waals surface area contributed by atoms with E-state index in [1.54, 1.807) is 7.11 Å². The highest BCUT2D eigenvalue weighted by Gasteiger charge is 2.40. The lowest BCUT2D eigenvalue weighted by Gasteiger charge is -2.30. The van der Waals surface area contributed by atoms with E-state index >= 15 is 0 Å². The van der Waals surface area contributed by atoms with E-state index in [2.05, 4.69) is 5.32 Å². The molecule has 1 fully saturated rings. The van der Waals surface area contributed by atoms with Gasteiger partial charge in [-0.15, -0.1) is 0 Å². The molecule has 0 bridgehead atoms. The number of hydrogen-bond acceptors (Lipinski definition) is 3. The molecule has 1 aromatic carbocycles. The molecule has 1 saturated carbocycles. The molecule has 0 atom stereocenters. The molecule has 1 spiro atoms. The summed E-state index contributed by atoms with van der Waals surface area (Å²) in [5.41, 5.74) is 2.25. The molecule has 1 aliphatic carbocycles. The standard InChI is InChI=1S/C16H20N2O2/c1-20-11-12-5-7-13(8-6-12)14-15(19)18-16(17-14)9-3-2-4-10-16/h5-8H,2-4,9-11H2,1H3,(H,18,19). The van der Waals surface area contributed by atoms with Crippen LogP contribution in [0, 0.1) is 0 Å². The van der Waals surface area contributed by atoms with E-state index in [9.17, 15) is 4.79 Å². The summed E-state index contributed by atoms with van der Waals surface area (Å²) in [6.07, 6.45) is 5.45. The minimum atomic E-state index is -0.324. The second kappa shape index (κ2) is 5.37. The van der Waals surface area contributed by atoms with Crippen LogP contribution in [0.4, 0.5) is 0 Å². The molecule has 0 unspecified atom stereocenters. The maximum atomic E-state index is 12.2. The topological polar surface area (TPSA) is 50.7 Å². The SMILES string of the molecule is COCc1ccc(C2=NC3(CCCCC3)NC2=O)cc1. The monoisotopic (exact) mass is 272 g/mol. The molecule has 1 heterocycles. The van der Waals surface area contributed by atoms with E-state index in [1.807, 2.05) is 24.3 Å². The summed E-state index contributed by atoms with van der Waals surface area (Å²) >= 11 is 0. The summed E-state index contributed by atoms with van der Waals surface area (Å²) in [4.78, 5) is 16.9. The van der Waals surface area contributed by atoms with Crippen LogP contribution in [0.2, 0.25) is 0 Å². The Balaban J connectivity index is 1.85. The fourth-order valence-corrected chi connectivity index (χ4v) is 3.06. The molecule has 4 nitrogen and oxygen atoms in total. The van der Waals surface area contributed by atoms with Gasteiger partial charge < -0.3 is 10.1 Å². The van der Waals surface area contributed by atoms with E-state index in [0.717, 1.165) is 36.8 Å². The lowest BCUT2D eigenvalue weighted by molar-refractivity contribution is -0.115. The zero-order valence-electron chi connectivity index (χ0n) is 11.8. The fraction of sp³-hybridized carbons (Fsp3) is 0.500. The van der Waals surface area contributed by atoms with E-state index in [0.29, 0.717) is 12.3 Å². The Morgan fingerprint density at radius 3 is 2.55 bits per heavy atom. The third-order valence-electron chi connectivity index (χ3n) is 4.11. The van der Waals surface area contributed by atoms with Gasteiger partial charge >= 0.3 is 0 Å². The molecular formula is C16H20N2O2. The first-order valence-corrected chi connectivity index (χ1v) is 7.23. The molecule has 4 heteroatoms. The molecule has 1 aromatic rings. The Hall–Kier alpha value is -1.68. The van der Waals surface area contributed by atoms with Crippen LogP contribution in [-0.4, -0.2) is 24.4 Å². The minimum Gasteiger partial charge on any atom is -0.380 e. The zero-order chi connectivity index (χ0) is 14.0. The van der Waals surface area contributed by atoms with Gasteiger partial charge in [0.2, 0.25) is 0 Å². The van der Waals surface area contributed by atoms with Crippen LogP contribution in [-0.2, 0) is 16.1 Å². The van der Waals surface area contributed by atoms with Gasteiger partial charge in [-0.2, -0.15) is 0 Å². The van der Waals surface area contributed by atoms with Crippen LogP contribution in [0.15, 0.2) is 29.3 Å². The molecule has 20 heavy (non-hydrogen) atoms. The molecular weight excluding hydrogens is 252 g/mol. The van der Waals surface area contributed by atoms with Crippen molar-refractivity contribution in [3.8, 4) is 0 Å². The first-order chi connectivity index (χ1) is 9.72. The number of carbonyl (C=O) groups excluding carboxylic acids is 1. The number of nitrogens with one attached hydrogen (secondary N) is 1. The van der Waals surface area contributed by atoms with Gasteiger partial charge in [0.25, 0.3) is 5.91 Å². The van der Waals surface area contributed by atoms with Crippen molar-refractivity contribution < 1.29 is 9.53 Å². The van der Waals surface area contributed by atoms with E-state index in [-0.39, 0.29) is 11.6 Å². The van der Waals surface area contributed by atoms with Crippen LogP contribution in [0.5, 0.6) is 0 Å². The highest BCUT2D eigenvalue weighted by Crippen LogP contribution is 2.32. The number of ether oxygens (including phenoxy) is 1. The largest absolute Gasteiger partial charge is 0.380 e. The van der Waals surface area contributed by atoms with Gasteiger partial charge in [0.15, 0.2) is 0 Å². The summed E-state index contributed by atoms with van der Waals surface area (Å²) in [5.74, 6) is -0.0357. The highest BCUT2D eigenvalue weighted by atomic mass is 16.5. The molecule has 0 aromatic heterocycles. The van der Waals surface area contributed by atoms with Crippen LogP contribution in [0.1, 0.15) is 43.2 Å². The summed E-state index contributed by atoms with van der Waals surface area (Å²) < 4.78 is 5.09. The number of amides is 1. The smallest absolute Gasteiger partial charge is 0.272 e. The molecule has 0 saturated heterocycles. The average molecular weight is 272 g/mol. The van der Waals surface area contributed by atoms with Crippen molar-refractivity contribution in [2.24, 2.45) is 4.99 Å². The lowest BCUT2D eigenvalue weighted by atomic mass is 9.90. The maximum absolute atomic E-state index is 12.2. The third-order valence-corrected chi connectivity index (χ3v) is 4.11. The van der Waals surface area contributed by atoms with Crippen molar-refractivity contribution in [1.29, 1.82) is 0 Å². The zero-order valence-corrected chi connectivity index (χ0v) is 11.8. The third kappa shape index (κ3) is 2.48. The van der Waals surface area contributed by atoms with Crippen molar-refractivity contribution in [2.45, 2.75) is 44.4 Å². The van der Waals surface area contributed by atoms with Crippen molar-refractivity contribution in [1.82, 2.24) is 5.32 Å². The number of hydrogen-bond donors (Lipinski definition) is 1. The van der Waals surface area contributed by atoms with Gasteiger partial charge in [-0.25, -0.2) is 0 Å². The van der Waals surface area contributed by atoms with Crippen LogP contribution in [0.3, 0.4) is 0 Å². The number of rotatable bonds is 3. The summed E-state index contributed by atoms with van der Waals surface area (Å²) in [5, 5.41) is 3.09. The summed E-state index contributed by atoms with van der Waals surface area (Å²) in [6.45, 7) is 0.586. The van der Waals surface area contributed by atoms with Gasteiger partial charge in [0, 0.05) is 12.7 Å². The normalized spacial score (nSPS) is 20.9. The predicted octanol–water partition coefficient (Wildman–Crippen LogP) is 2.41. The molecule has 3 rings (SSSR count). The van der Waals surface area contributed by atoms with E-state index < -0.39 is 0 Å². The van der Waals surface area contributed by atoms with Gasteiger partial charge in [0.05, 0.1) is 6.61 Å². The van der Waals surface area contributed by atoms with Crippen LogP contribution in [0.25, 0.3) is 0 Å². The second-order valence-corrected chi connectivity index (χ2v) is 5.64. The Labute approximate surface area is 119 Å². The Morgan fingerprint density at radius 1 is 1.20 bits per heavy atom.